The minimum Gasteiger partial charge on any atom is -0.508 e. The quantitative estimate of drug-likeness (QED) is 0.0172. The lowest BCUT2D eigenvalue weighted by atomic mass is 10.0. The van der Waals surface area contributed by atoms with E-state index in [4.69, 9.17) is 5.73 Å². The highest BCUT2D eigenvalue weighted by Crippen LogP contribution is 2.39. The van der Waals surface area contributed by atoms with Gasteiger partial charge in [-0.25, -0.2) is 33.7 Å². The van der Waals surface area contributed by atoms with E-state index in [2.05, 4.69) is 52.3 Å². The van der Waals surface area contributed by atoms with Crippen LogP contribution in [0.1, 0.15) is 52.7 Å². The third-order valence-electron chi connectivity index (χ3n) is 18.1. The zero-order valence-corrected chi connectivity index (χ0v) is 66.4. The smallest absolute Gasteiger partial charge is 0.255 e. The number of nitrogens with zero attached hydrogens (tertiary/aromatic N) is 5. The number of alkyl halides is 3. The Kier molecular flexibility index (Phi) is 27.3. The fraction of sp³-hybridized carbons (Fsp3) is 0.133. The second-order valence-corrected chi connectivity index (χ2v) is 31.6. The maximum atomic E-state index is 12.9. The lowest BCUT2D eigenvalue weighted by molar-refractivity contribution is 0.102. The second-order valence-electron chi connectivity index (χ2n) is 26.5. The number of hydrogen-bond donors (Lipinski definition) is 10. The van der Waals surface area contributed by atoms with Crippen LogP contribution in [0.5, 0.6) is 28.7 Å². The highest BCUT2D eigenvalue weighted by Gasteiger charge is 2.16. The number of fused-ring (bicyclic) bond motifs is 5. The average Bonchev–Trinajstić information content (AvgIpc) is 1.56. The topological polar surface area (TPSA) is 257 Å². The van der Waals surface area contributed by atoms with Gasteiger partial charge in [0, 0.05) is 82.0 Å². The molecule has 12 aromatic carbocycles. The van der Waals surface area contributed by atoms with Gasteiger partial charge in [-0.15, -0.1) is 56.7 Å². The molecule has 0 spiro atoms. The number of carbonyl (C=O) groups is 1. The number of benzene rings is 12. The third-order valence-corrected chi connectivity index (χ3v) is 23.4. The van der Waals surface area contributed by atoms with Gasteiger partial charge in [-0.3, -0.25) is 18.0 Å². The molecular weight excluding hydrogens is 1570 g/mol. The number of carbonyl (C=O) groups excluding carboxylic acids is 1. The Hall–Kier alpha value is -12.6. The van der Waals surface area contributed by atoms with Crippen LogP contribution in [0.3, 0.4) is 0 Å². The summed E-state index contributed by atoms with van der Waals surface area (Å²) in [6, 6.07) is 72.9. The number of phenolic OH excluding ortho intramolecular Hbond substituents is 5. The van der Waals surface area contributed by atoms with Crippen LogP contribution < -0.4 is 27.0 Å². The monoisotopic (exact) mass is 1650 g/mol. The molecule has 0 unspecified atom stereocenters. The highest BCUT2D eigenvalue weighted by molar-refractivity contribution is 7.23. The summed E-state index contributed by atoms with van der Waals surface area (Å²) >= 11 is 7.67. The summed E-state index contributed by atoms with van der Waals surface area (Å²) in [5, 5.41) is 64.7. The van der Waals surface area contributed by atoms with Gasteiger partial charge < -0.3 is 52.5 Å². The van der Waals surface area contributed by atoms with Crippen molar-refractivity contribution in [2.75, 3.05) is 60.6 Å². The van der Waals surface area contributed by atoms with E-state index in [-0.39, 0.29) is 66.3 Å². The molecular formula is C90H77F5N10O6S5. The lowest BCUT2D eigenvalue weighted by Gasteiger charge is -2.10. The van der Waals surface area contributed by atoms with Crippen molar-refractivity contribution in [1.82, 2.24) is 24.9 Å². The SMILES string of the molecule is CNc1ccc(-c2nc3ccc(O)cc3s2)cc1CCCF.Nc1ccc(-c2nc3ccc(O)cc3s2)cc1CCCF.O=C(Nc1ccc(-c2nc3ccc(O)cc3s2)cc1)c1ccc(F)cc1.Oc1ccc2nc(-c3ccc(NCCCCF)cc3)sc2c1.Oc1ccc2nc(-c3ccc(NCc4ccc(F)cc4)cc3)sc2c1. The summed E-state index contributed by atoms with van der Waals surface area (Å²) in [6.07, 6.45) is 3.75. The number of hydrogen-bond acceptors (Lipinski definition) is 20. The summed E-state index contributed by atoms with van der Waals surface area (Å²) in [6.45, 7) is 0.509. The molecule has 5 aromatic heterocycles. The van der Waals surface area contributed by atoms with Crippen LogP contribution in [0.4, 0.5) is 50.4 Å². The molecule has 17 aromatic rings. The van der Waals surface area contributed by atoms with Crippen molar-refractivity contribution in [3.05, 3.63) is 283 Å². The van der Waals surface area contributed by atoms with Crippen molar-refractivity contribution < 1.29 is 52.3 Å². The number of nitrogens with one attached hydrogen (secondary N) is 4. The molecule has 0 atom stereocenters. The number of nitrogens with two attached hydrogens (primary N) is 1. The Morgan fingerprint density at radius 2 is 0.716 bits per heavy atom. The number of nitrogen functional groups attached to an aromatic ring is 1. The van der Waals surface area contributed by atoms with E-state index in [1.165, 1.54) is 59.1 Å². The summed E-state index contributed by atoms with van der Waals surface area (Å²) in [5.41, 5.74) is 23.1. The minimum atomic E-state index is -0.380. The third kappa shape index (κ3) is 21.6. The van der Waals surface area contributed by atoms with Gasteiger partial charge in [-0.05, 0) is 292 Å². The van der Waals surface area contributed by atoms with E-state index in [0.29, 0.717) is 55.6 Å². The fourth-order valence-corrected chi connectivity index (χ4v) is 17.1. The van der Waals surface area contributed by atoms with Gasteiger partial charge in [-0.2, -0.15) is 0 Å². The normalized spacial score (nSPS) is 10.9. The number of rotatable bonds is 22. The predicted molar refractivity (Wildman–Crippen MR) is 468 cm³/mol. The molecule has 0 aliphatic carbocycles. The van der Waals surface area contributed by atoms with E-state index >= 15 is 0 Å². The number of halogens is 5. The molecule has 1 amide bonds. The first-order valence-electron chi connectivity index (χ1n) is 36.9. The molecule has 5 heterocycles. The van der Waals surface area contributed by atoms with Crippen molar-refractivity contribution in [3.63, 3.8) is 0 Å². The van der Waals surface area contributed by atoms with Crippen molar-refractivity contribution >= 4 is 142 Å². The maximum absolute atomic E-state index is 12.9. The number of anilines is 5. The molecule has 17 rings (SSSR count). The minimum absolute atomic E-state index is 0.214. The number of aryl methyl sites for hydroxylation is 2. The zero-order valence-electron chi connectivity index (χ0n) is 62.3. The van der Waals surface area contributed by atoms with Gasteiger partial charge in [-0.1, -0.05) is 12.1 Å². The summed E-state index contributed by atoms with van der Waals surface area (Å²) in [7, 11) is 1.87. The molecule has 0 aliphatic heterocycles. The first kappa shape index (κ1) is 81.4. The van der Waals surface area contributed by atoms with Gasteiger partial charge in [0.2, 0.25) is 0 Å². The van der Waals surface area contributed by atoms with Crippen molar-refractivity contribution in [2.24, 2.45) is 0 Å². The average molecular weight is 1650 g/mol. The molecule has 0 saturated carbocycles. The Morgan fingerprint density at radius 3 is 1.11 bits per heavy atom. The van der Waals surface area contributed by atoms with Crippen LogP contribution in [0.15, 0.2) is 249 Å². The lowest BCUT2D eigenvalue weighted by Crippen LogP contribution is -2.11. The van der Waals surface area contributed by atoms with E-state index in [1.54, 1.807) is 131 Å². The number of phenols is 5. The second kappa shape index (κ2) is 39.0. The molecule has 16 nitrogen and oxygen atoms in total. The fourth-order valence-electron chi connectivity index (χ4n) is 12.1. The number of aromatic nitrogens is 5. The summed E-state index contributed by atoms with van der Waals surface area (Å²) in [4.78, 5) is 35.1. The molecule has 0 bridgehead atoms. The van der Waals surface area contributed by atoms with Gasteiger partial charge in [0.05, 0.1) is 71.1 Å². The van der Waals surface area contributed by atoms with Crippen molar-refractivity contribution in [2.45, 2.75) is 45.1 Å². The van der Waals surface area contributed by atoms with Crippen LogP contribution >= 0.6 is 56.7 Å². The van der Waals surface area contributed by atoms with E-state index < -0.39 is 0 Å². The Labute approximate surface area is 684 Å². The highest BCUT2D eigenvalue weighted by atomic mass is 32.1. The molecule has 26 heteroatoms. The number of thiazole rings is 5. The number of amides is 1. The van der Waals surface area contributed by atoms with Crippen molar-refractivity contribution in [3.8, 4) is 81.6 Å². The van der Waals surface area contributed by atoms with Crippen LogP contribution in [-0.4, -0.2) is 90.0 Å². The van der Waals surface area contributed by atoms with E-state index in [0.717, 1.165) is 151 Å². The van der Waals surface area contributed by atoms with Crippen LogP contribution in [0.25, 0.3) is 104 Å². The van der Waals surface area contributed by atoms with Crippen molar-refractivity contribution in [1.29, 1.82) is 0 Å². The Bertz CT molecular complexity index is 6170. The molecule has 588 valence electrons. The Balaban J connectivity index is 0.000000126. The first-order chi connectivity index (χ1) is 56.4. The van der Waals surface area contributed by atoms with Gasteiger partial charge in [0.1, 0.15) is 65.4 Å². The zero-order chi connectivity index (χ0) is 81.0. The van der Waals surface area contributed by atoms with E-state index in [1.807, 2.05) is 116 Å². The van der Waals surface area contributed by atoms with Crippen LogP contribution in [-0.2, 0) is 19.4 Å². The molecule has 11 N–H and O–H groups in total. The van der Waals surface area contributed by atoms with E-state index in [9.17, 15) is 52.3 Å². The summed E-state index contributed by atoms with van der Waals surface area (Å²) < 4.78 is 67.4. The van der Waals surface area contributed by atoms with Crippen LogP contribution in [0.2, 0.25) is 0 Å². The molecule has 0 saturated heterocycles. The van der Waals surface area contributed by atoms with Gasteiger partial charge in [0.15, 0.2) is 0 Å². The van der Waals surface area contributed by atoms with Crippen LogP contribution in [0, 0.1) is 11.6 Å². The largest absolute Gasteiger partial charge is 0.508 e. The standard InChI is InChI=1S/C20H13FN2O2S.C20H15FN2OS.2C17H17FN2OS.C16H15FN2OS/c21-14-5-1-12(2-6-14)19(25)22-15-7-3-13(4-8-15)20-23-17-10-9-16(24)11-18(17)26-20;21-15-5-1-13(2-6-15)12-22-16-7-3-14(4-8-16)20-23-18-10-9-17(24)11-19(18)25-20;1-19-14-6-4-12(9-11(14)3-2-8-18)17-20-15-7-5-13(21)10-16(15)22-17;18-9-1-2-10-19-13-5-3-12(4-6-13)17-20-15-8-7-14(21)11-16(15)22-17;17-7-1-2-10-8-11(3-5-13(10)18)16-19-14-6-4-12(20)9-15(14)21-16/h1-11,24H,(H,22,25);1-11,22,24H,12H2;4-7,9-10,19,21H,2-3,8H2,1H3;3-8,11,19,21H,1-2,9-10H2;3-6,8-9,20H,1-2,7,18H2. The van der Waals surface area contributed by atoms with Gasteiger partial charge >= 0.3 is 0 Å². The summed E-state index contributed by atoms with van der Waals surface area (Å²) in [5.74, 6) is 0.307. The van der Waals surface area contributed by atoms with Gasteiger partial charge in [0.25, 0.3) is 5.91 Å². The molecule has 0 fully saturated rings. The first-order valence-corrected chi connectivity index (χ1v) is 40.9. The Morgan fingerprint density at radius 1 is 0.371 bits per heavy atom. The predicted octanol–water partition coefficient (Wildman–Crippen LogP) is 24.1. The molecule has 116 heavy (non-hydrogen) atoms. The molecule has 0 aliphatic rings. The molecule has 0 radical (unpaired) electrons. The number of aromatic hydroxyl groups is 5. The maximum Gasteiger partial charge on any atom is 0.255 e. The number of unbranched alkanes of at least 4 members (excludes halogenated alkanes) is 1.